The van der Waals surface area contributed by atoms with E-state index in [1.807, 2.05) is 0 Å². The van der Waals surface area contributed by atoms with E-state index in [1.165, 1.54) is 11.1 Å². The molecule has 2 rings (SSSR count). The molecular formula is C27H41Cl2N3O2. The van der Waals surface area contributed by atoms with Crippen molar-refractivity contribution in [1.29, 1.82) is 0 Å². The Balaban J connectivity index is 1.42. The molecule has 7 heteroatoms. The van der Waals surface area contributed by atoms with Crippen molar-refractivity contribution in [2.75, 3.05) is 52.7 Å². The number of aryl methyl sites for hydroxylation is 1. The first-order valence-corrected chi connectivity index (χ1v) is 13.1. The molecule has 0 bridgehead atoms. The molecule has 0 saturated carbocycles. The van der Waals surface area contributed by atoms with Crippen LogP contribution in [0.4, 0.5) is 5.69 Å². The van der Waals surface area contributed by atoms with Crippen LogP contribution in [0.3, 0.4) is 0 Å². The zero-order valence-corrected chi connectivity index (χ0v) is 22.2. The molecule has 2 aromatic carbocycles. The second kappa shape index (κ2) is 16.4. The molecule has 0 saturated heterocycles. The third-order valence-electron chi connectivity index (χ3n) is 5.84. The van der Waals surface area contributed by atoms with Crippen LogP contribution in [0.15, 0.2) is 36.4 Å². The lowest BCUT2D eigenvalue weighted by molar-refractivity contribution is 0.127. The number of nitrogens with zero attached hydrogens (tertiary/aromatic N) is 1. The Labute approximate surface area is 215 Å². The van der Waals surface area contributed by atoms with Gasteiger partial charge < -0.3 is 25.8 Å². The molecule has 0 spiro atoms. The first-order valence-electron chi connectivity index (χ1n) is 12.3. The topological polar surface area (TPSA) is 70.8 Å². The maximum Gasteiger partial charge on any atom is 0.0915 e. The molecule has 0 aliphatic rings. The average molecular weight is 511 g/mol. The van der Waals surface area contributed by atoms with Crippen molar-refractivity contribution in [3.63, 3.8) is 0 Å². The van der Waals surface area contributed by atoms with E-state index >= 15 is 0 Å². The molecule has 0 aliphatic carbocycles. The fraction of sp³-hybridized carbons (Fsp3) is 0.556. The molecule has 0 aliphatic heterocycles. The predicted molar refractivity (Wildman–Crippen MR) is 145 cm³/mol. The lowest BCUT2D eigenvalue weighted by Crippen LogP contribution is -2.22. The molecular weight excluding hydrogens is 469 g/mol. The molecule has 2 aromatic rings. The van der Waals surface area contributed by atoms with Gasteiger partial charge in [0, 0.05) is 26.3 Å². The third kappa shape index (κ3) is 11.4. The van der Waals surface area contributed by atoms with E-state index in [9.17, 15) is 5.11 Å². The fourth-order valence-corrected chi connectivity index (χ4v) is 4.17. The number of anilines is 1. The summed E-state index contributed by atoms with van der Waals surface area (Å²) >= 11 is 12.1. The Hall–Kier alpha value is -1.34. The Kier molecular flexibility index (Phi) is 13.9. The molecule has 1 atom stereocenters. The Bertz CT molecular complexity index is 808. The minimum Gasteiger partial charge on any atom is -0.396 e. The standard InChI is InChI=1S/C27H41Cl2N3O2/c1-32(2)15-13-22-11-9-21(10-12-22)8-7-17-34-16-6-4-3-5-14-31-20-26(33)23-18-24(28)27(30)25(29)19-23/h9-12,18-19,26,31,33H,3-8,13-17,20,30H2,1-2H3. The summed E-state index contributed by atoms with van der Waals surface area (Å²) in [5.74, 6) is 0. The maximum absolute atomic E-state index is 10.3. The van der Waals surface area contributed by atoms with Gasteiger partial charge in [0.25, 0.3) is 0 Å². The van der Waals surface area contributed by atoms with Crippen LogP contribution in [0, 0.1) is 0 Å². The van der Waals surface area contributed by atoms with Gasteiger partial charge in [0.15, 0.2) is 0 Å². The highest BCUT2D eigenvalue weighted by atomic mass is 35.5. The van der Waals surface area contributed by atoms with Gasteiger partial charge >= 0.3 is 0 Å². The second-order valence-corrected chi connectivity index (χ2v) is 9.93. The van der Waals surface area contributed by atoms with Crippen LogP contribution in [-0.2, 0) is 17.6 Å². The van der Waals surface area contributed by atoms with Crippen LogP contribution >= 0.6 is 23.2 Å². The highest BCUT2D eigenvalue weighted by Gasteiger charge is 2.11. The zero-order valence-electron chi connectivity index (χ0n) is 20.7. The molecule has 4 N–H and O–H groups in total. The highest BCUT2D eigenvalue weighted by molar-refractivity contribution is 6.38. The van der Waals surface area contributed by atoms with Gasteiger partial charge in [0.1, 0.15) is 0 Å². The van der Waals surface area contributed by atoms with Gasteiger partial charge in [0.05, 0.1) is 21.8 Å². The van der Waals surface area contributed by atoms with E-state index in [0.717, 1.165) is 71.2 Å². The molecule has 0 heterocycles. The van der Waals surface area contributed by atoms with Gasteiger partial charge in [0.2, 0.25) is 0 Å². The number of aliphatic hydroxyl groups excluding tert-OH is 1. The van der Waals surface area contributed by atoms with Crippen molar-refractivity contribution in [1.82, 2.24) is 10.2 Å². The Morgan fingerprint density at radius 3 is 2.15 bits per heavy atom. The Morgan fingerprint density at radius 1 is 0.912 bits per heavy atom. The van der Waals surface area contributed by atoms with Gasteiger partial charge in [-0.3, -0.25) is 0 Å². The van der Waals surface area contributed by atoms with Crippen LogP contribution in [0.1, 0.15) is 54.9 Å². The van der Waals surface area contributed by atoms with E-state index in [2.05, 4.69) is 48.6 Å². The van der Waals surface area contributed by atoms with Crippen molar-refractivity contribution in [3.8, 4) is 0 Å². The Morgan fingerprint density at radius 2 is 1.50 bits per heavy atom. The van der Waals surface area contributed by atoms with Crippen molar-refractivity contribution in [2.24, 2.45) is 0 Å². The number of rotatable bonds is 17. The average Bonchev–Trinajstić information content (AvgIpc) is 2.82. The molecule has 34 heavy (non-hydrogen) atoms. The molecule has 0 fully saturated rings. The number of halogens is 2. The fourth-order valence-electron chi connectivity index (χ4n) is 3.67. The second-order valence-electron chi connectivity index (χ2n) is 9.12. The number of nitrogens with two attached hydrogens (primary N) is 1. The predicted octanol–water partition coefficient (Wildman–Crippen LogP) is 5.51. The summed E-state index contributed by atoms with van der Waals surface area (Å²) in [5, 5.41) is 14.3. The number of benzene rings is 2. The monoisotopic (exact) mass is 509 g/mol. The largest absolute Gasteiger partial charge is 0.396 e. The first-order chi connectivity index (χ1) is 16.4. The summed E-state index contributed by atoms with van der Waals surface area (Å²) in [5.41, 5.74) is 9.54. The lowest BCUT2D eigenvalue weighted by Gasteiger charge is -2.14. The number of aliphatic hydroxyl groups is 1. The number of likely N-dealkylation sites (N-methyl/N-ethyl adjacent to an activating group) is 1. The summed E-state index contributed by atoms with van der Waals surface area (Å²) in [4.78, 5) is 2.21. The summed E-state index contributed by atoms with van der Waals surface area (Å²) in [6.45, 7) is 4.05. The van der Waals surface area contributed by atoms with Gasteiger partial charge in [-0.2, -0.15) is 0 Å². The van der Waals surface area contributed by atoms with Crippen molar-refractivity contribution in [3.05, 3.63) is 63.1 Å². The number of unbranched alkanes of at least 4 members (excludes halogenated alkanes) is 3. The van der Waals surface area contributed by atoms with E-state index in [0.29, 0.717) is 27.8 Å². The molecule has 5 nitrogen and oxygen atoms in total. The van der Waals surface area contributed by atoms with E-state index in [1.54, 1.807) is 12.1 Å². The summed E-state index contributed by atoms with van der Waals surface area (Å²) in [6.07, 6.45) is 7.03. The number of hydrogen-bond donors (Lipinski definition) is 3. The van der Waals surface area contributed by atoms with Gasteiger partial charge in [-0.1, -0.05) is 60.3 Å². The molecule has 190 valence electrons. The smallest absolute Gasteiger partial charge is 0.0915 e. The van der Waals surface area contributed by atoms with E-state index in [4.69, 9.17) is 33.7 Å². The SMILES string of the molecule is CN(C)CCc1ccc(CCCOCCCCCCNCC(O)c2cc(Cl)c(N)c(Cl)c2)cc1. The summed E-state index contributed by atoms with van der Waals surface area (Å²) < 4.78 is 5.80. The van der Waals surface area contributed by atoms with Crippen LogP contribution in [0.5, 0.6) is 0 Å². The molecule has 1 unspecified atom stereocenters. The summed E-state index contributed by atoms with van der Waals surface area (Å²) in [6, 6.07) is 12.3. The third-order valence-corrected chi connectivity index (χ3v) is 6.47. The van der Waals surface area contributed by atoms with Gasteiger partial charge in [-0.05, 0) is 81.6 Å². The maximum atomic E-state index is 10.3. The van der Waals surface area contributed by atoms with Crippen molar-refractivity contribution in [2.45, 2.75) is 51.0 Å². The van der Waals surface area contributed by atoms with E-state index in [-0.39, 0.29) is 0 Å². The van der Waals surface area contributed by atoms with Crippen molar-refractivity contribution >= 4 is 28.9 Å². The zero-order chi connectivity index (χ0) is 24.8. The van der Waals surface area contributed by atoms with E-state index < -0.39 is 6.10 Å². The summed E-state index contributed by atoms with van der Waals surface area (Å²) in [7, 11) is 4.22. The number of nitrogen functional groups attached to an aromatic ring is 1. The minimum atomic E-state index is -0.662. The molecule has 0 radical (unpaired) electrons. The molecule has 0 aromatic heterocycles. The molecule has 0 amide bonds. The van der Waals surface area contributed by atoms with Crippen LogP contribution in [0.25, 0.3) is 0 Å². The lowest BCUT2D eigenvalue weighted by atomic mass is 10.1. The van der Waals surface area contributed by atoms with Gasteiger partial charge in [-0.25, -0.2) is 0 Å². The first kappa shape index (κ1) is 28.9. The van der Waals surface area contributed by atoms with Crippen LogP contribution < -0.4 is 11.1 Å². The number of ether oxygens (including phenoxy) is 1. The van der Waals surface area contributed by atoms with Crippen LogP contribution in [0.2, 0.25) is 10.0 Å². The minimum absolute atomic E-state index is 0.345. The van der Waals surface area contributed by atoms with Crippen LogP contribution in [-0.4, -0.2) is 56.9 Å². The highest BCUT2D eigenvalue weighted by Crippen LogP contribution is 2.31. The van der Waals surface area contributed by atoms with Crippen molar-refractivity contribution < 1.29 is 9.84 Å². The normalized spacial score (nSPS) is 12.4. The number of hydrogen-bond acceptors (Lipinski definition) is 5. The number of nitrogens with one attached hydrogen (secondary N) is 1. The quantitative estimate of drug-likeness (QED) is 0.193. The van der Waals surface area contributed by atoms with Gasteiger partial charge in [-0.15, -0.1) is 0 Å².